The van der Waals surface area contributed by atoms with Gasteiger partial charge in [-0.3, -0.25) is 0 Å². The zero-order chi connectivity index (χ0) is 19.0. The van der Waals surface area contributed by atoms with Crippen molar-refractivity contribution in [1.82, 2.24) is 0 Å². The molecule has 1 rings (SSSR count). The number of benzene rings is 1. The first-order valence-corrected chi connectivity index (χ1v) is 9.32. The SMILES string of the molecule is CCC(C)c1ccc(S(=O)(=O)[N-]S(=O)(=O)C(F)(F)C(F)(F)F)cc1. The Labute approximate surface area is 136 Å². The van der Waals surface area contributed by atoms with E-state index >= 15 is 0 Å². The van der Waals surface area contributed by atoms with Gasteiger partial charge in [-0.25, -0.2) is 16.8 Å². The Balaban J connectivity index is 3.19. The van der Waals surface area contributed by atoms with Crippen molar-refractivity contribution >= 4 is 20.0 Å². The highest BCUT2D eigenvalue weighted by Gasteiger charge is 2.64. The Bertz CT molecular complexity index is 786. The average molecular weight is 394 g/mol. The zero-order valence-corrected chi connectivity index (χ0v) is 14.0. The quantitative estimate of drug-likeness (QED) is 0.688. The molecule has 138 valence electrons. The molecular formula is C12H13F5NO4S2-. The smallest absolute Gasteiger partial charge is 0.426 e. The maximum absolute atomic E-state index is 12.9. The summed E-state index contributed by atoms with van der Waals surface area (Å²) in [7, 11) is -11.9. The number of rotatable bonds is 6. The van der Waals surface area contributed by atoms with Gasteiger partial charge in [-0.1, -0.05) is 26.0 Å². The molecule has 1 aromatic carbocycles. The van der Waals surface area contributed by atoms with E-state index in [1.54, 1.807) is 0 Å². The molecule has 0 bridgehead atoms. The second-order valence-corrected chi connectivity index (χ2v) is 8.40. The molecule has 0 radical (unpaired) electrons. The van der Waals surface area contributed by atoms with Crippen LogP contribution in [0.25, 0.3) is 4.13 Å². The van der Waals surface area contributed by atoms with E-state index in [-0.39, 0.29) is 5.92 Å². The first-order chi connectivity index (χ1) is 10.7. The van der Waals surface area contributed by atoms with E-state index in [2.05, 4.69) is 0 Å². The molecule has 0 saturated carbocycles. The summed E-state index contributed by atoms with van der Waals surface area (Å²) in [5, 5.41) is -6.32. The van der Waals surface area contributed by atoms with Crippen molar-refractivity contribution in [3.8, 4) is 0 Å². The summed E-state index contributed by atoms with van der Waals surface area (Å²) >= 11 is 0. The van der Waals surface area contributed by atoms with Crippen LogP contribution in [-0.4, -0.2) is 28.3 Å². The molecule has 0 aromatic heterocycles. The fraction of sp³-hybridized carbons (Fsp3) is 0.500. The molecule has 0 heterocycles. The second kappa shape index (κ2) is 6.56. The number of halogens is 5. The molecule has 24 heavy (non-hydrogen) atoms. The minimum Gasteiger partial charge on any atom is -0.426 e. The first-order valence-electron chi connectivity index (χ1n) is 6.44. The van der Waals surface area contributed by atoms with Gasteiger partial charge in [0.05, 0.1) is 0 Å². The van der Waals surface area contributed by atoms with E-state index in [9.17, 15) is 38.8 Å². The molecular weight excluding hydrogens is 381 g/mol. The Hall–Kier alpha value is -1.27. The van der Waals surface area contributed by atoms with Gasteiger partial charge in [-0.15, -0.1) is 0 Å². The average Bonchev–Trinajstić information content (AvgIpc) is 2.44. The van der Waals surface area contributed by atoms with Crippen molar-refractivity contribution in [2.24, 2.45) is 0 Å². The normalized spacial score (nSPS) is 15.3. The van der Waals surface area contributed by atoms with Crippen molar-refractivity contribution in [3.05, 3.63) is 34.0 Å². The lowest BCUT2D eigenvalue weighted by Crippen LogP contribution is -2.43. The second-order valence-electron chi connectivity index (χ2n) is 4.92. The minimum absolute atomic E-state index is 0.0389. The first kappa shape index (κ1) is 20.8. The Kier molecular flexibility index (Phi) is 5.68. The lowest BCUT2D eigenvalue weighted by Gasteiger charge is -2.28. The minimum atomic E-state index is -6.68. The number of hydrogen-bond donors (Lipinski definition) is 0. The zero-order valence-electron chi connectivity index (χ0n) is 12.4. The van der Waals surface area contributed by atoms with Crippen LogP contribution >= 0.6 is 0 Å². The molecule has 5 nitrogen and oxygen atoms in total. The van der Waals surface area contributed by atoms with E-state index in [0.29, 0.717) is 12.0 Å². The van der Waals surface area contributed by atoms with E-state index in [4.69, 9.17) is 0 Å². The molecule has 0 saturated heterocycles. The van der Waals surface area contributed by atoms with Crippen molar-refractivity contribution in [2.45, 2.75) is 42.5 Å². The fourth-order valence-electron chi connectivity index (χ4n) is 1.57. The summed E-state index contributed by atoms with van der Waals surface area (Å²) in [6, 6.07) is 4.37. The van der Waals surface area contributed by atoms with E-state index < -0.39 is 36.4 Å². The van der Waals surface area contributed by atoms with Crippen molar-refractivity contribution in [2.75, 3.05) is 0 Å². The van der Waals surface area contributed by atoms with E-state index in [0.717, 1.165) is 12.1 Å². The van der Waals surface area contributed by atoms with Crippen LogP contribution in [0.1, 0.15) is 31.7 Å². The topological polar surface area (TPSA) is 82.4 Å². The van der Waals surface area contributed by atoms with Gasteiger partial charge in [0.2, 0.25) is 0 Å². The maximum Gasteiger partial charge on any atom is 0.467 e. The molecule has 0 amide bonds. The highest BCUT2D eigenvalue weighted by atomic mass is 32.3. The molecule has 0 spiro atoms. The third-order valence-corrected chi connectivity index (χ3v) is 6.53. The van der Waals surface area contributed by atoms with E-state index in [1.807, 2.05) is 18.0 Å². The molecule has 1 atom stereocenters. The highest BCUT2D eigenvalue weighted by molar-refractivity contribution is 8.12. The van der Waals surface area contributed by atoms with Gasteiger partial charge in [0.15, 0.2) is 10.0 Å². The predicted octanol–water partition coefficient (Wildman–Crippen LogP) is 3.75. The van der Waals surface area contributed by atoms with Crippen LogP contribution in [0.5, 0.6) is 0 Å². The van der Waals surface area contributed by atoms with Gasteiger partial charge in [0, 0.05) is 4.90 Å². The molecule has 0 aliphatic heterocycles. The Morgan fingerprint density at radius 3 is 1.83 bits per heavy atom. The largest absolute Gasteiger partial charge is 0.467 e. The molecule has 1 aromatic rings. The van der Waals surface area contributed by atoms with Gasteiger partial charge in [-0.2, -0.15) is 22.0 Å². The highest BCUT2D eigenvalue weighted by Crippen LogP contribution is 2.43. The van der Waals surface area contributed by atoms with Gasteiger partial charge >= 0.3 is 11.4 Å². The van der Waals surface area contributed by atoms with Crippen LogP contribution in [0.4, 0.5) is 22.0 Å². The summed E-state index contributed by atoms with van der Waals surface area (Å²) in [5.41, 5.74) is 0.680. The van der Waals surface area contributed by atoms with Crippen molar-refractivity contribution < 1.29 is 38.8 Å². The summed E-state index contributed by atoms with van der Waals surface area (Å²) in [4.78, 5) is -0.809. The maximum atomic E-state index is 12.9. The lowest BCUT2D eigenvalue weighted by atomic mass is 9.99. The summed E-state index contributed by atoms with van der Waals surface area (Å²) in [6.07, 6.45) is -5.78. The molecule has 0 aliphatic carbocycles. The number of hydrogen-bond acceptors (Lipinski definition) is 4. The molecule has 0 aliphatic rings. The third kappa shape index (κ3) is 4.03. The van der Waals surface area contributed by atoms with Gasteiger partial charge in [-0.05, 0) is 30.0 Å². The lowest BCUT2D eigenvalue weighted by molar-refractivity contribution is -0.240. The van der Waals surface area contributed by atoms with Gasteiger partial charge in [0.25, 0.3) is 0 Å². The van der Waals surface area contributed by atoms with E-state index in [1.165, 1.54) is 12.1 Å². The molecule has 1 unspecified atom stereocenters. The van der Waals surface area contributed by atoms with Crippen LogP contribution in [0, 0.1) is 0 Å². The fourth-order valence-corrected chi connectivity index (χ4v) is 4.09. The summed E-state index contributed by atoms with van der Waals surface area (Å²) < 4.78 is 110. The molecule has 0 N–H and O–H groups in total. The van der Waals surface area contributed by atoms with Gasteiger partial charge in [0.1, 0.15) is 10.0 Å². The van der Waals surface area contributed by atoms with Crippen molar-refractivity contribution in [1.29, 1.82) is 0 Å². The van der Waals surface area contributed by atoms with Crippen LogP contribution in [-0.2, 0) is 20.0 Å². The Morgan fingerprint density at radius 2 is 1.46 bits per heavy atom. The van der Waals surface area contributed by atoms with Crippen LogP contribution in [0.3, 0.4) is 0 Å². The van der Waals surface area contributed by atoms with Crippen molar-refractivity contribution in [3.63, 3.8) is 0 Å². The van der Waals surface area contributed by atoms with Crippen LogP contribution < -0.4 is 0 Å². The summed E-state index contributed by atoms with van der Waals surface area (Å²) in [6.45, 7) is 3.68. The Morgan fingerprint density at radius 1 is 1.00 bits per heavy atom. The van der Waals surface area contributed by atoms with Gasteiger partial charge < -0.3 is 4.13 Å². The monoisotopic (exact) mass is 394 g/mol. The van der Waals surface area contributed by atoms with Crippen LogP contribution in [0.15, 0.2) is 29.2 Å². The molecule has 12 heteroatoms. The standard InChI is InChI=1S/C12H13F5NO4S2/c1-3-8(2)9-4-6-10(7-5-9)23(19,20)18-24(21,22)12(16,17)11(13,14)15/h4-8H,3H2,1-2H3/q-1. The predicted molar refractivity (Wildman–Crippen MR) is 75.6 cm³/mol. The number of sulfonamides is 2. The number of alkyl halides is 5. The van der Waals surface area contributed by atoms with Crippen LogP contribution in [0.2, 0.25) is 0 Å². The third-order valence-electron chi connectivity index (χ3n) is 3.21. The summed E-state index contributed by atoms with van der Waals surface area (Å²) in [5.74, 6) is 0.0389. The number of nitrogens with zero attached hydrogens (tertiary/aromatic N) is 1. The molecule has 0 fully saturated rings.